The highest BCUT2D eigenvalue weighted by atomic mass is 16.5. The van der Waals surface area contributed by atoms with Gasteiger partial charge in [0.1, 0.15) is 5.75 Å². The van der Waals surface area contributed by atoms with E-state index in [9.17, 15) is 4.79 Å². The van der Waals surface area contributed by atoms with E-state index in [1.165, 1.54) is 0 Å². The van der Waals surface area contributed by atoms with Crippen LogP contribution in [0.3, 0.4) is 0 Å². The molecule has 0 heterocycles. The molecule has 104 valence electrons. The lowest BCUT2D eigenvalue weighted by molar-refractivity contribution is 0.0951. The number of hydrogen-bond acceptors (Lipinski definition) is 3. The van der Waals surface area contributed by atoms with Crippen LogP contribution in [0.4, 0.5) is 5.69 Å². The minimum atomic E-state index is -0.153. The van der Waals surface area contributed by atoms with Crippen LogP contribution in [0.25, 0.3) is 0 Å². The molecule has 4 nitrogen and oxygen atoms in total. The zero-order chi connectivity index (χ0) is 14.4. The molecule has 4 heteroatoms. The van der Waals surface area contributed by atoms with E-state index in [1.54, 1.807) is 29.3 Å². The van der Waals surface area contributed by atoms with Crippen molar-refractivity contribution in [3.05, 3.63) is 60.2 Å². The van der Waals surface area contributed by atoms with Gasteiger partial charge in [0.2, 0.25) is 0 Å². The van der Waals surface area contributed by atoms with Gasteiger partial charge in [0.15, 0.2) is 0 Å². The summed E-state index contributed by atoms with van der Waals surface area (Å²) in [6.07, 6.45) is 0. The van der Waals surface area contributed by atoms with Gasteiger partial charge >= 0.3 is 0 Å². The molecule has 0 spiro atoms. The smallest absolute Gasteiger partial charge is 0.269 e. The van der Waals surface area contributed by atoms with Crippen LogP contribution >= 0.6 is 0 Å². The van der Waals surface area contributed by atoms with Crippen LogP contribution in [0.1, 0.15) is 17.3 Å². The minimum Gasteiger partial charge on any atom is -0.494 e. The average molecular weight is 270 g/mol. The third-order valence-corrected chi connectivity index (χ3v) is 2.84. The van der Waals surface area contributed by atoms with Crippen molar-refractivity contribution in [1.29, 1.82) is 0 Å². The van der Waals surface area contributed by atoms with Crippen molar-refractivity contribution in [2.24, 2.45) is 0 Å². The van der Waals surface area contributed by atoms with E-state index < -0.39 is 0 Å². The molecule has 0 radical (unpaired) electrons. The normalized spacial score (nSPS) is 9.90. The summed E-state index contributed by atoms with van der Waals surface area (Å²) in [4.78, 5) is 12.1. The van der Waals surface area contributed by atoms with Crippen molar-refractivity contribution >= 4 is 11.6 Å². The maximum atomic E-state index is 12.1. The Labute approximate surface area is 119 Å². The summed E-state index contributed by atoms with van der Waals surface area (Å²) >= 11 is 0. The zero-order valence-electron chi connectivity index (χ0n) is 11.7. The van der Waals surface area contributed by atoms with Crippen LogP contribution in [-0.2, 0) is 0 Å². The molecular weight excluding hydrogens is 252 g/mol. The summed E-state index contributed by atoms with van der Waals surface area (Å²) in [5, 5.41) is 1.69. The van der Waals surface area contributed by atoms with Crippen LogP contribution in [0.2, 0.25) is 0 Å². The molecule has 2 aromatic carbocycles. The maximum Gasteiger partial charge on any atom is 0.269 e. The van der Waals surface area contributed by atoms with Crippen molar-refractivity contribution in [1.82, 2.24) is 5.43 Å². The first kappa shape index (κ1) is 13.9. The van der Waals surface area contributed by atoms with Crippen LogP contribution in [-0.4, -0.2) is 19.6 Å². The molecule has 20 heavy (non-hydrogen) atoms. The number of rotatable bonds is 5. The molecule has 0 aliphatic rings. The van der Waals surface area contributed by atoms with E-state index in [-0.39, 0.29) is 5.91 Å². The Bertz CT molecular complexity index is 552. The Morgan fingerprint density at radius 1 is 1.10 bits per heavy atom. The topological polar surface area (TPSA) is 41.6 Å². The first-order chi connectivity index (χ1) is 9.70. The van der Waals surface area contributed by atoms with Gasteiger partial charge in [-0.2, -0.15) is 0 Å². The van der Waals surface area contributed by atoms with Crippen molar-refractivity contribution in [2.75, 3.05) is 18.7 Å². The molecule has 0 unspecified atom stereocenters. The third-order valence-electron chi connectivity index (χ3n) is 2.84. The van der Waals surface area contributed by atoms with Gasteiger partial charge < -0.3 is 4.74 Å². The molecule has 1 amide bonds. The monoisotopic (exact) mass is 270 g/mol. The summed E-state index contributed by atoms with van der Waals surface area (Å²) in [5.74, 6) is 0.611. The number of carbonyl (C=O) groups is 1. The maximum absolute atomic E-state index is 12.1. The molecule has 0 aliphatic carbocycles. The second kappa shape index (κ2) is 6.61. The fourth-order valence-corrected chi connectivity index (χ4v) is 1.80. The Kier molecular flexibility index (Phi) is 4.60. The van der Waals surface area contributed by atoms with E-state index in [2.05, 4.69) is 5.43 Å². The van der Waals surface area contributed by atoms with Crippen LogP contribution < -0.4 is 15.2 Å². The molecule has 0 aliphatic heterocycles. The van der Waals surface area contributed by atoms with Crippen molar-refractivity contribution < 1.29 is 9.53 Å². The molecule has 2 rings (SSSR count). The Morgan fingerprint density at radius 3 is 2.35 bits per heavy atom. The van der Waals surface area contributed by atoms with E-state index in [4.69, 9.17) is 4.74 Å². The molecule has 1 N–H and O–H groups in total. The molecule has 2 aromatic rings. The molecule has 0 bridgehead atoms. The lowest BCUT2D eigenvalue weighted by Crippen LogP contribution is -2.39. The van der Waals surface area contributed by atoms with Gasteiger partial charge in [0, 0.05) is 12.6 Å². The van der Waals surface area contributed by atoms with E-state index in [0.717, 1.165) is 11.4 Å². The number of ether oxygens (including phenoxy) is 1. The predicted molar refractivity (Wildman–Crippen MR) is 79.9 cm³/mol. The summed E-state index contributed by atoms with van der Waals surface area (Å²) in [5.41, 5.74) is 4.33. The Morgan fingerprint density at radius 2 is 1.75 bits per heavy atom. The summed E-state index contributed by atoms with van der Waals surface area (Å²) < 4.78 is 5.35. The summed E-state index contributed by atoms with van der Waals surface area (Å²) in [6.45, 7) is 2.54. The summed E-state index contributed by atoms with van der Waals surface area (Å²) in [6, 6.07) is 16.7. The van der Waals surface area contributed by atoms with Gasteiger partial charge in [0.05, 0.1) is 12.3 Å². The largest absolute Gasteiger partial charge is 0.494 e. The molecule has 0 fully saturated rings. The molecule has 0 saturated carbocycles. The number of hydrazine groups is 1. The first-order valence-corrected chi connectivity index (χ1v) is 6.53. The Balaban J connectivity index is 2.01. The molecule has 0 atom stereocenters. The van der Waals surface area contributed by atoms with Crippen LogP contribution in [0.15, 0.2) is 54.6 Å². The fourth-order valence-electron chi connectivity index (χ4n) is 1.80. The quantitative estimate of drug-likeness (QED) is 0.849. The number of para-hydroxylation sites is 1. The van der Waals surface area contributed by atoms with Gasteiger partial charge in [-0.3, -0.25) is 15.2 Å². The number of anilines is 1. The fraction of sp³-hybridized carbons (Fsp3) is 0.188. The van der Waals surface area contributed by atoms with Gasteiger partial charge in [-0.1, -0.05) is 18.2 Å². The first-order valence-electron chi connectivity index (χ1n) is 6.53. The van der Waals surface area contributed by atoms with E-state index in [1.807, 2.05) is 44.3 Å². The second-order valence-electron chi connectivity index (χ2n) is 4.29. The van der Waals surface area contributed by atoms with E-state index >= 15 is 0 Å². The zero-order valence-corrected chi connectivity index (χ0v) is 11.7. The molecule has 0 saturated heterocycles. The number of carbonyl (C=O) groups excluding carboxylic acids is 1. The number of benzene rings is 2. The van der Waals surface area contributed by atoms with Crippen LogP contribution in [0.5, 0.6) is 5.75 Å². The number of amides is 1. The number of hydrogen-bond donors (Lipinski definition) is 1. The standard InChI is InChI=1S/C16H18N2O2/c1-3-20-15-11-9-13(10-12-15)16(19)17-18(2)14-7-5-4-6-8-14/h4-12H,3H2,1-2H3,(H,17,19). The number of nitrogens with one attached hydrogen (secondary N) is 1. The van der Waals surface area contributed by atoms with Gasteiger partial charge in [-0.25, -0.2) is 0 Å². The number of nitrogens with zero attached hydrogens (tertiary/aromatic N) is 1. The van der Waals surface area contributed by atoms with Crippen molar-refractivity contribution in [3.8, 4) is 5.75 Å². The van der Waals surface area contributed by atoms with Gasteiger partial charge in [-0.15, -0.1) is 0 Å². The highest BCUT2D eigenvalue weighted by Gasteiger charge is 2.08. The average Bonchev–Trinajstić information content (AvgIpc) is 2.49. The Hall–Kier alpha value is -2.49. The molecule has 0 aromatic heterocycles. The SMILES string of the molecule is CCOc1ccc(C(=O)NN(C)c2ccccc2)cc1. The highest BCUT2D eigenvalue weighted by Crippen LogP contribution is 2.13. The predicted octanol–water partition coefficient (Wildman–Crippen LogP) is 2.87. The van der Waals surface area contributed by atoms with Gasteiger partial charge in [0.25, 0.3) is 5.91 Å². The summed E-state index contributed by atoms with van der Waals surface area (Å²) in [7, 11) is 1.81. The second-order valence-corrected chi connectivity index (χ2v) is 4.29. The minimum absolute atomic E-state index is 0.153. The molecular formula is C16H18N2O2. The highest BCUT2D eigenvalue weighted by molar-refractivity contribution is 5.95. The third kappa shape index (κ3) is 3.51. The van der Waals surface area contributed by atoms with Gasteiger partial charge in [-0.05, 0) is 43.3 Å². The van der Waals surface area contributed by atoms with Crippen molar-refractivity contribution in [3.63, 3.8) is 0 Å². The van der Waals surface area contributed by atoms with Crippen molar-refractivity contribution in [2.45, 2.75) is 6.92 Å². The van der Waals surface area contributed by atoms with E-state index in [0.29, 0.717) is 12.2 Å². The van der Waals surface area contributed by atoms with Crippen LogP contribution in [0, 0.1) is 0 Å². The lowest BCUT2D eigenvalue weighted by Gasteiger charge is -2.20. The lowest BCUT2D eigenvalue weighted by atomic mass is 10.2.